The zero-order valence-electron chi connectivity index (χ0n) is 10.1. The van der Waals surface area contributed by atoms with Crippen molar-refractivity contribution in [3.8, 4) is 5.88 Å². The Bertz CT molecular complexity index is 543. The predicted octanol–water partition coefficient (Wildman–Crippen LogP) is 3.78. The molecule has 0 spiro atoms. The molecule has 0 aromatic carbocycles. The largest absolute Gasteiger partial charge is 0.574 e. The number of nitrogens with zero attached hydrogens (tertiary/aromatic N) is 1. The van der Waals surface area contributed by atoms with Gasteiger partial charge in [0.05, 0.1) is 15.7 Å². The highest BCUT2D eigenvalue weighted by molar-refractivity contribution is 14.1. The van der Waals surface area contributed by atoms with Crippen LogP contribution < -0.4 is 4.74 Å². The molecule has 0 fully saturated rings. The SMILES string of the molecule is CCOC(=O)c1cc(C(F)(F)F)c(I)c(OC(F)(F)F)n1. The van der Waals surface area contributed by atoms with Gasteiger partial charge < -0.3 is 9.47 Å². The van der Waals surface area contributed by atoms with E-state index >= 15 is 0 Å². The van der Waals surface area contributed by atoms with Gasteiger partial charge in [-0.15, -0.1) is 13.2 Å². The Morgan fingerprint density at radius 1 is 1.29 bits per heavy atom. The van der Waals surface area contributed by atoms with E-state index in [1.54, 1.807) is 0 Å². The summed E-state index contributed by atoms with van der Waals surface area (Å²) in [5, 5.41) is 0. The van der Waals surface area contributed by atoms with Crippen LogP contribution in [-0.2, 0) is 10.9 Å². The van der Waals surface area contributed by atoms with Gasteiger partial charge in [0, 0.05) is 0 Å². The van der Waals surface area contributed by atoms with Gasteiger partial charge >= 0.3 is 18.5 Å². The maximum Gasteiger partial charge on any atom is 0.574 e. The summed E-state index contributed by atoms with van der Waals surface area (Å²) in [6.45, 7) is 1.20. The quantitative estimate of drug-likeness (QED) is 0.417. The lowest BCUT2D eigenvalue weighted by Gasteiger charge is -2.15. The maximum atomic E-state index is 12.8. The van der Waals surface area contributed by atoms with Crippen LogP contribution in [0.2, 0.25) is 0 Å². The van der Waals surface area contributed by atoms with E-state index in [9.17, 15) is 31.1 Å². The maximum absolute atomic E-state index is 12.8. The predicted molar refractivity (Wildman–Crippen MR) is 64.6 cm³/mol. The number of alkyl halides is 6. The van der Waals surface area contributed by atoms with Crippen molar-refractivity contribution >= 4 is 28.6 Å². The van der Waals surface area contributed by atoms with Gasteiger partial charge in [-0.05, 0) is 35.6 Å². The Balaban J connectivity index is 3.42. The van der Waals surface area contributed by atoms with Gasteiger partial charge in [-0.3, -0.25) is 0 Å². The third kappa shape index (κ3) is 4.89. The minimum absolute atomic E-state index is 0.177. The van der Waals surface area contributed by atoms with Gasteiger partial charge in [-0.25, -0.2) is 9.78 Å². The lowest BCUT2D eigenvalue weighted by molar-refractivity contribution is -0.276. The fourth-order valence-electron chi connectivity index (χ4n) is 1.20. The molecule has 0 aliphatic rings. The molecule has 0 radical (unpaired) electrons. The van der Waals surface area contributed by atoms with Crippen molar-refractivity contribution in [1.29, 1.82) is 0 Å². The summed E-state index contributed by atoms with van der Waals surface area (Å²) in [6.07, 6.45) is -10.2. The minimum atomic E-state index is -5.25. The standard InChI is InChI=1S/C10H6F6INO3/c1-2-20-8(19)5-3-4(9(11,12)13)6(17)7(18-5)21-10(14,15)16/h3H,2H2,1H3. The number of esters is 1. The Hall–Kier alpha value is -1.27. The van der Waals surface area contributed by atoms with Crippen LogP contribution >= 0.6 is 22.6 Å². The van der Waals surface area contributed by atoms with Gasteiger partial charge in [-0.1, -0.05) is 0 Å². The van der Waals surface area contributed by atoms with E-state index in [-0.39, 0.29) is 6.61 Å². The molecule has 0 saturated heterocycles. The molecule has 0 unspecified atom stereocenters. The Labute approximate surface area is 127 Å². The fraction of sp³-hybridized carbons (Fsp3) is 0.400. The van der Waals surface area contributed by atoms with Crippen molar-refractivity contribution in [3.05, 3.63) is 20.9 Å². The summed E-state index contributed by atoms with van der Waals surface area (Å²) in [4.78, 5) is 14.5. The first-order valence-electron chi connectivity index (χ1n) is 5.16. The van der Waals surface area contributed by atoms with Gasteiger partial charge in [0.15, 0.2) is 5.69 Å². The number of pyridine rings is 1. The van der Waals surface area contributed by atoms with E-state index in [2.05, 4.69) is 14.5 Å². The Morgan fingerprint density at radius 2 is 1.86 bits per heavy atom. The molecule has 4 nitrogen and oxygen atoms in total. The summed E-state index contributed by atoms with van der Waals surface area (Å²) < 4.78 is 81.7. The van der Waals surface area contributed by atoms with Crippen molar-refractivity contribution < 1.29 is 40.6 Å². The Kier molecular flexibility index (Phi) is 5.28. The van der Waals surface area contributed by atoms with Gasteiger partial charge in [0.25, 0.3) is 0 Å². The molecule has 118 valence electrons. The number of rotatable bonds is 3. The highest BCUT2D eigenvalue weighted by Crippen LogP contribution is 2.38. The van der Waals surface area contributed by atoms with Crippen LogP contribution in [0.5, 0.6) is 5.88 Å². The first kappa shape index (κ1) is 17.8. The molecular formula is C10H6F6INO3. The average Bonchev–Trinajstić information content (AvgIpc) is 2.28. The lowest BCUT2D eigenvalue weighted by Crippen LogP contribution is -2.22. The van der Waals surface area contributed by atoms with Crippen molar-refractivity contribution in [2.75, 3.05) is 6.61 Å². The first-order chi connectivity index (χ1) is 9.45. The zero-order valence-corrected chi connectivity index (χ0v) is 12.3. The van der Waals surface area contributed by atoms with Crippen LogP contribution in [0.1, 0.15) is 23.0 Å². The van der Waals surface area contributed by atoms with E-state index in [0.29, 0.717) is 6.07 Å². The van der Waals surface area contributed by atoms with Crippen molar-refractivity contribution in [2.45, 2.75) is 19.5 Å². The number of aromatic nitrogens is 1. The minimum Gasteiger partial charge on any atom is -0.461 e. The molecule has 21 heavy (non-hydrogen) atoms. The molecule has 0 aliphatic carbocycles. The summed E-state index contributed by atoms with van der Waals surface area (Å²) in [7, 11) is 0. The number of carbonyl (C=O) groups is 1. The molecule has 0 saturated carbocycles. The van der Waals surface area contributed by atoms with E-state index in [1.165, 1.54) is 6.92 Å². The number of ether oxygens (including phenoxy) is 2. The average molecular weight is 429 g/mol. The van der Waals surface area contributed by atoms with E-state index in [0.717, 1.165) is 22.6 Å². The third-order valence-corrected chi connectivity index (χ3v) is 2.97. The lowest BCUT2D eigenvalue weighted by atomic mass is 10.2. The molecule has 0 amide bonds. The fourth-order valence-corrected chi connectivity index (χ4v) is 1.89. The first-order valence-corrected chi connectivity index (χ1v) is 6.24. The molecule has 0 N–H and O–H groups in total. The van der Waals surface area contributed by atoms with Crippen molar-refractivity contribution in [3.63, 3.8) is 0 Å². The van der Waals surface area contributed by atoms with Crippen LogP contribution in [-0.4, -0.2) is 23.9 Å². The highest BCUT2D eigenvalue weighted by Gasteiger charge is 2.39. The molecule has 1 rings (SSSR count). The van der Waals surface area contributed by atoms with Crippen LogP contribution in [0.25, 0.3) is 0 Å². The van der Waals surface area contributed by atoms with Crippen molar-refractivity contribution in [1.82, 2.24) is 4.98 Å². The number of hydrogen-bond acceptors (Lipinski definition) is 4. The number of carbonyl (C=O) groups excluding carboxylic acids is 1. The Morgan fingerprint density at radius 3 is 2.29 bits per heavy atom. The van der Waals surface area contributed by atoms with Crippen LogP contribution in [0, 0.1) is 3.57 Å². The van der Waals surface area contributed by atoms with Gasteiger partial charge in [-0.2, -0.15) is 13.2 Å². The molecule has 1 aromatic heterocycles. The zero-order chi connectivity index (χ0) is 16.4. The normalized spacial score (nSPS) is 12.2. The molecular weight excluding hydrogens is 423 g/mol. The molecule has 0 bridgehead atoms. The third-order valence-electron chi connectivity index (χ3n) is 1.93. The van der Waals surface area contributed by atoms with Crippen LogP contribution in [0.4, 0.5) is 26.3 Å². The van der Waals surface area contributed by atoms with Crippen LogP contribution in [0.3, 0.4) is 0 Å². The second kappa shape index (κ2) is 6.23. The van der Waals surface area contributed by atoms with E-state index in [1.807, 2.05) is 0 Å². The molecule has 0 aliphatic heterocycles. The van der Waals surface area contributed by atoms with Gasteiger partial charge in [0.1, 0.15) is 0 Å². The molecule has 1 heterocycles. The van der Waals surface area contributed by atoms with E-state index in [4.69, 9.17) is 0 Å². The topological polar surface area (TPSA) is 48.4 Å². The molecule has 11 heteroatoms. The highest BCUT2D eigenvalue weighted by atomic mass is 127. The van der Waals surface area contributed by atoms with Crippen molar-refractivity contribution in [2.24, 2.45) is 0 Å². The number of hydrogen-bond donors (Lipinski definition) is 0. The number of halogens is 7. The second-order valence-corrected chi connectivity index (χ2v) is 4.52. The summed E-state index contributed by atoms with van der Waals surface area (Å²) in [5.41, 5.74) is -2.40. The summed E-state index contributed by atoms with van der Waals surface area (Å²) in [6, 6.07) is 0.309. The second-order valence-electron chi connectivity index (χ2n) is 3.44. The summed E-state index contributed by atoms with van der Waals surface area (Å²) in [5.74, 6) is -2.65. The summed E-state index contributed by atoms with van der Waals surface area (Å²) >= 11 is 1.01. The smallest absolute Gasteiger partial charge is 0.461 e. The van der Waals surface area contributed by atoms with Gasteiger partial charge in [0.2, 0.25) is 5.88 Å². The molecule has 1 aromatic rings. The monoisotopic (exact) mass is 429 g/mol. The van der Waals surface area contributed by atoms with Crippen LogP contribution in [0.15, 0.2) is 6.07 Å². The van der Waals surface area contributed by atoms with E-state index < -0.39 is 39.2 Å². The molecule has 0 atom stereocenters.